The molecule has 0 N–H and O–H groups in total. The number of carbonyl (C=O) groups excluding carboxylic acids is 1. The predicted molar refractivity (Wildman–Crippen MR) is 74.9 cm³/mol. The molecule has 0 spiro atoms. The number of amides is 1. The molecular formula is C11H13BrClN5O. The average Bonchev–Trinajstić information content (AvgIpc) is 2.84. The van der Waals surface area contributed by atoms with Crippen molar-refractivity contribution < 1.29 is 4.79 Å². The topological polar surface area (TPSA) is 56.0 Å². The number of carbonyl (C=O) groups is 1. The van der Waals surface area contributed by atoms with Crippen LogP contribution in [0.1, 0.15) is 16.2 Å². The van der Waals surface area contributed by atoms with E-state index in [1.165, 1.54) is 4.68 Å². The smallest absolute Gasteiger partial charge is 0.276 e. The summed E-state index contributed by atoms with van der Waals surface area (Å²) in [6, 6.07) is 0. The fraction of sp³-hybridized carbons (Fsp3) is 0.364. The Morgan fingerprint density at radius 1 is 1.53 bits per heavy atom. The van der Waals surface area contributed by atoms with Crippen molar-refractivity contribution in [2.24, 2.45) is 14.1 Å². The zero-order valence-corrected chi connectivity index (χ0v) is 13.1. The van der Waals surface area contributed by atoms with Crippen LogP contribution in [-0.2, 0) is 20.6 Å². The van der Waals surface area contributed by atoms with E-state index < -0.39 is 0 Å². The van der Waals surface area contributed by atoms with Gasteiger partial charge >= 0.3 is 0 Å². The van der Waals surface area contributed by atoms with E-state index in [2.05, 4.69) is 26.1 Å². The summed E-state index contributed by atoms with van der Waals surface area (Å²) in [5, 5.41) is 8.52. The molecule has 8 heteroatoms. The lowest BCUT2D eigenvalue weighted by Gasteiger charge is -2.16. The van der Waals surface area contributed by atoms with E-state index in [-0.39, 0.29) is 11.6 Å². The Morgan fingerprint density at radius 3 is 2.68 bits per heavy atom. The summed E-state index contributed by atoms with van der Waals surface area (Å²) < 4.78 is 4.10. The van der Waals surface area contributed by atoms with Gasteiger partial charge in [-0.05, 0) is 15.9 Å². The third kappa shape index (κ3) is 2.82. The molecule has 0 unspecified atom stereocenters. The molecule has 0 saturated heterocycles. The molecule has 0 radical (unpaired) electrons. The van der Waals surface area contributed by atoms with Crippen molar-refractivity contribution in [1.29, 1.82) is 0 Å². The highest BCUT2D eigenvalue weighted by molar-refractivity contribution is 9.10. The van der Waals surface area contributed by atoms with E-state index >= 15 is 0 Å². The molecule has 0 aliphatic rings. The number of hydrogen-bond acceptors (Lipinski definition) is 3. The lowest BCUT2D eigenvalue weighted by Crippen LogP contribution is -2.28. The summed E-state index contributed by atoms with van der Waals surface area (Å²) in [5.74, 6) is -0.223. The van der Waals surface area contributed by atoms with Gasteiger partial charge in [-0.1, -0.05) is 11.6 Å². The lowest BCUT2D eigenvalue weighted by atomic mass is 10.3. The second-order valence-electron chi connectivity index (χ2n) is 4.22. The number of nitrogens with zero attached hydrogens (tertiary/aromatic N) is 5. The SMILES string of the molecule is CN(Cc1c(Br)cnn1C)C(=O)c1nn(C)cc1Cl. The first-order valence-corrected chi connectivity index (χ1v) is 6.68. The number of aryl methyl sites for hydroxylation is 2. The van der Waals surface area contributed by atoms with Crippen LogP contribution in [0.2, 0.25) is 5.02 Å². The predicted octanol–water partition coefficient (Wildman–Crippen LogP) is 1.84. The van der Waals surface area contributed by atoms with E-state index in [1.54, 1.807) is 36.1 Å². The molecule has 102 valence electrons. The molecule has 2 aromatic heterocycles. The maximum absolute atomic E-state index is 12.2. The molecule has 0 fully saturated rings. The number of rotatable bonds is 3. The summed E-state index contributed by atoms with van der Waals surface area (Å²) in [6.07, 6.45) is 3.30. The highest BCUT2D eigenvalue weighted by atomic mass is 79.9. The van der Waals surface area contributed by atoms with Gasteiger partial charge in [-0.2, -0.15) is 10.2 Å². The van der Waals surface area contributed by atoms with Gasteiger partial charge in [0.05, 0.1) is 27.9 Å². The largest absolute Gasteiger partial charge is 0.334 e. The van der Waals surface area contributed by atoms with Crippen LogP contribution in [0.25, 0.3) is 0 Å². The Hall–Kier alpha value is -1.34. The molecule has 2 rings (SSSR count). The molecule has 0 bridgehead atoms. The minimum Gasteiger partial charge on any atom is -0.334 e. The molecule has 1 amide bonds. The van der Waals surface area contributed by atoms with E-state index in [9.17, 15) is 4.79 Å². The molecule has 0 aromatic carbocycles. The second kappa shape index (κ2) is 5.34. The van der Waals surface area contributed by atoms with Crippen molar-refractivity contribution >= 4 is 33.4 Å². The molecule has 0 aliphatic carbocycles. The molecule has 0 saturated carbocycles. The minimum atomic E-state index is -0.223. The fourth-order valence-electron chi connectivity index (χ4n) is 1.70. The van der Waals surface area contributed by atoms with Crippen LogP contribution < -0.4 is 0 Å². The van der Waals surface area contributed by atoms with Crippen molar-refractivity contribution in [1.82, 2.24) is 24.5 Å². The highest BCUT2D eigenvalue weighted by Crippen LogP contribution is 2.19. The first kappa shape index (κ1) is 14.1. The quantitative estimate of drug-likeness (QED) is 0.852. The molecule has 0 aliphatic heterocycles. The molecule has 19 heavy (non-hydrogen) atoms. The summed E-state index contributed by atoms with van der Waals surface area (Å²) in [5.41, 5.74) is 1.16. The van der Waals surface area contributed by atoms with Gasteiger partial charge in [0.15, 0.2) is 5.69 Å². The summed E-state index contributed by atoms with van der Waals surface area (Å²) in [6.45, 7) is 0.419. The lowest BCUT2D eigenvalue weighted by molar-refractivity contribution is 0.0775. The average molecular weight is 347 g/mol. The third-order valence-electron chi connectivity index (χ3n) is 2.73. The van der Waals surface area contributed by atoms with Gasteiger partial charge in [0.2, 0.25) is 0 Å². The van der Waals surface area contributed by atoms with Crippen LogP contribution >= 0.6 is 27.5 Å². The van der Waals surface area contributed by atoms with Crippen LogP contribution in [0.5, 0.6) is 0 Å². The summed E-state index contributed by atoms with van der Waals surface area (Å²) >= 11 is 9.37. The molecular weight excluding hydrogens is 334 g/mol. The fourth-order valence-corrected chi connectivity index (χ4v) is 2.43. The zero-order valence-electron chi connectivity index (χ0n) is 10.8. The maximum Gasteiger partial charge on any atom is 0.276 e. The Bertz CT molecular complexity index is 601. The van der Waals surface area contributed by atoms with Gasteiger partial charge in [0.25, 0.3) is 5.91 Å². The Balaban J connectivity index is 2.19. The second-order valence-corrected chi connectivity index (χ2v) is 5.48. The van der Waals surface area contributed by atoms with Crippen molar-refractivity contribution in [2.45, 2.75) is 6.54 Å². The van der Waals surface area contributed by atoms with Gasteiger partial charge in [-0.3, -0.25) is 14.2 Å². The zero-order chi connectivity index (χ0) is 14.2. The molecule has 2 heterocycles. The van der Waals surface area contributed by atoms with Crippen molar-refractivity contribution in [3.05, 3.63) is 33.3 Å². The van der Waals surface area contributed by atoms with Crippen LogP contribution in [-0.4, -0.2) is 37.4 Å². The van der Waals surface area contributed by atoms with Gasteiger partial charge < -0.3 is 4.90 Å². The number of aromatic nitrogens is 4. The third-order valence-corrected chi connectivity index (χ3v) is 3.67. The van der Waals surface area contributed by atoms with Gasteiger partial charge in [0.1, 0.15) is 0 Å². The summed E-state index contributed by atoms with van der Waals surface area (Å²) in [7, 11) is 5.25. The Labute approximate surface area is 124 Å². The number of halogens is 2. The van der Waals surface area contributed by atoms with Crippen molar-refractivity contribution in [2.75, 3.05) is 7.05 Å². The van der Waals surface area contributed by atoms with E-state index in [4.69, 9.17) is 11.6 Å². The van der Waals surface area contributed by atoms with Crippen LogP contribution in [0, 0.1) is 0 Å². The van der Waals surface area contributed by atoms with Crippen LogP contribution in [0.4, 0.5) is 0 Å². The van der Waals surface area contributed by atoms with Gasteiger partial charge in [-0.25, -0.2) is 0 Å². The minimum absolute atomic E-state index is 0.223. The molecule has 0 atom stereocenters. The maximum atomic E-state index is 12.2. The van der Waals surface area contributed by atoms with Crippen LogP contribution in [0.15, 0.2) is 16.9 Å². The highest BCUT2D eigenvalue weighted by Gasteiger charge is 2.20. The van der Waals surface area contributed by atoms with E-state index in [1.807, 2.05) is 7.05 Å². The summed E-state index contributed by atoms with van der Waals surface area (Å²) in [4.78, 5) is 13.8. The Morgan fingerprint density at radius 2 is 2.21 bits per heavy atom. The number of hydrogen-bond donors (Lipinski definition) is 0. The molecule has 6 nitrogen and oxygen atoms in total. The van der Waals surface area contributed by atoms with E-state index in [0.29, 0.717) is 11.6 Å². The van der Waals surface area contributed by atoms with Crippen LogP contribution in [0.3, 0.4) is 0 Å². The van der Waals surface area contributed by atoms with Gasteiger partial charge in [0, 0.05) is 27.3 Å². The van der Waals surface area contributed by atoms with E-state index in [0.717, 1.165) is 10.2 Å². The normalized spacial score (nSPS) is 10.8. The first-order valence-electron chi connectivity index (χ1n) is 5.51. The van der Waals surface area contributed by atoms with Crippen molar-refractivity contribution in [3.8, 4) is 0 Å². The van der Waals surface area contributed by atoms with Crippen molar-refractivity contribution in [3.63, 3.8) is 0 Å². The molecule has 2 aromatic rings. The first-order chi connectivity index (χ1) is 8.90. The standard InChI is InChI=1S/C11H13BrClN5O/c1-16(6-9-7(12)4-14-18(9)3)11(19)10-8(13)5-17(2)15-10/h4-5H,6H2,1-3H3. The monoisotopic (exact) mass is 345 g/mol. The van der Waals surface area contributed by atoms with Gasteiger partial charge in [-0.15, -0.1) is 0 Å². The Kier molecular flexibility index (Phi) is 3.96.